The van der Waals surface area contributed by atoms with Crippen molar-refractivity contribution in [2.75, 3.05) is 0 Å². The van der Waals surface area contributed by atoms with Gasteiger partial charge in [-0.05, 0) is 6.07 Å². The molecule has 0 atom stereocenters. The number of nitro groups is 1. The van der Waals surface area contributed by atoms with E-state index >= 15 is 0 Å². The number of hydrogen-bond donors (Lipinski definition) is 0. The third-order valence-electron chi connectivity index (χ3n) is 2.23. The largest absolute Gasteiger partial charge is 0.293 e. The third-order valence-corrected chi connectivity index (χ3v) is 2.86. The summed E-state index contributed by atoms with van der Waals surface area (Å²) in [6.07, 6.45) is 0.0916. The predicted octanol–water partition coefficient (Wildman–Crippen LogP) is 2.48. The van der Waals surface area contributed by atoms with Gasteiger partial charge in [0.15, 0.2) is 5.78 Å². The number of carbonyl (C=O) groups is 1. The highest BCUT2D eigenvalue weighted by molar-refractivity contribution is 7.07. The number of Topliss-reactive ketones (excluding diaryl/α,β-unsaturated/α-hetero) is 1. The van der Waals surface area contributed by atoms with E-state index in [-0.39, 0.29) is 23.5 Å². The maximum Gasteiger partial charge on any atom is 0.280 e. The van der Waals surface area contributed by atoms with E-state index in [0.29, 0.717) is 5.69 Å². The van der Waals surface area contributed by atoms with Crippen molar-refractivity contribution in [3.8, 4) is 0 Å². The molecule has 0 saturated carbocycles. The van der Waals surface area contributed by atoms with Gasteiger partial charge in [0.05, 0.1) is 28.1 Å². The number of hydrogen-bond acceptors (Lipinski definition) is 5. The smallest absolute Gasteiger partial charge is 0.280 e. The minimum Gasteiger partial charge on any atom is -0.293 e. The maximum absolute atomic E-state index is 11.9. The number of nitrogens with zero attached hydrogens (tertiary/aromatic N) is 2. The van der Waals surface area contributed by atoms with Gasteiger partial charge in [-0.15, -0.1) is 11.3 Å². The number of nitro benzene ring substituents is 1. The van der Waals surface area contributed by atoms with Crippen molar-refractivity contribution in [3.05, 3.63) is 56.5 Å². The minimum absolute atomic E-state index is 0.0916. The molecule has 0 bridgehead atoms. The van der Waals surface area contributed by atoms with Crippen LogP contribution in [-0.4, -0.2) is 15.7 Å². The first-order valence-corrected chi connectivity index (χ1v) is 5.76. The van der Waals surface area contributed by atoms with E-state index in [9.17, 15) is 14.9 Å². The van der Waals surface area contributed by atoms with E-state index in [0.717, 1.165) is 0 Å². The second-order valence-electron chi connectivity index (χ2n) is 3.35. The summed E-state index contributed by atoms with van der Waals surface area (Å²) in [4.78, 5) is 26.1. The SMILES string of the molecule is O=C(Cc1cscn1)c1ccccc1[N+](=O)[O-]. The van der Waals surface area contributed by atoms with Crippen LogP contribution in [0.2, 0.25) is 0 Å². The van der Waals surface area contributed by atoms with Crippen LogP contribution in [0.5, 0.6) is 0 Å². The summed E-state index contributed by atoms with van der Waals surface area (Å²) in [6.45, 7) is 0. The van der Waals surface area contributed by atoms with Gasteiger partial charge < -0.3 is 0 Å². The molecule has 0 unspecified atom stereocenters. The maximum atomic E-state index is 11.9. The highest BCUT2D eigenvalue weighted by Crippen LogP contribution is 2.19. The van der Waals surface area contributed by atoms with Gasteiger partial charge >= 0.3 is 0 Å². The molecule has 0 radical (unpaired) electrons. The average molecular weight is 248 g/mol. The summed E-state index contributed by atoms with van der Waals surface area (Å²) in [7, 11) is 0. The Kier molecular flexibility index (Phi) is 3.24. The van der Waals surface area contributed by atoms with Crippen LogP contribution in [0, 0.1) is 10.1 Å². The van der Waals surface area contributed by atoms with Crippen LogP contribution in [0.25, 0.3) is 0 Å². The lowest BCUT2D eigenvalue weighted by atomic mass is 10.1. The van der Waals surface area contributed by atoms with E-state index in [1.54, 1.807) is 17.0 Å². The van der Waals surface area contributed by atoms with Crippen LogP contribution in [0.1, 0.15) is 16.1 Å². The Hall–Kier alpha value is -2.08. The number of thiazole rings is 1. The summed E-state index contributed by atoms with van der Waals surface area (Å²) in [5, 5.41) is 12.5. The molecule has 0 fully saturated rings. The molecular weight excluding hydrogens is 240 g/mol. The lowest BCUT2D eigenvalue weighted by Crippen LogP contribution is -2.07. The van der Waals surface area contributed by atoms with E-state index in [1.165, 1.54) is 29.5 Å². The zero-order chi connectivity index (χ0) is 12.3. The monoisotopic (exact) mass is 248 g/mol. The number of para-hydroxylation sites is 1. The van der Waals surface area contributed by atoms with Crippen molar-refractivity contribution in [2.24, 2.45) is 0 Å². The van der Waals surface area contributed by atoms with Gasteiger partial charge in [0.1, 0.15) is 0 Å². The van der Waals surface area contributed by atoms with Crippen molar-refractivity contribution in [1.82, 2.24) is 4.98 Å². The van der Waals surface area contributed by atoms with Crippen molar-refractivity contribution in [2.45, 2.75) is 6.42 Å². The van der Waals surface area contributed by atoms with E-state index in [4.69, 9.17) is 0 Å². The normalized spacial score (nSPS) is 10.1. The van der Waals surface area contributed by atoms with Gasteiger partial charge in [-0.1, -0.05) is 12.1 Å². The molecule has 0 aliphatic carbocycles. The van der Waals surface area contributed by atoms with Crippen LogP contribution in [0.15, 0.2) is 35.2 Å². The lowest BCUT2D eigenvalue weighted by molar-refractivity contribution is -0.385. The number of aromatic nitrogens is 1. The van der Waals surface area contributed by atoms with Gasteiger partial charge in [0, 0.05) is 11.4 Å². The fraction of sp³-hybridized carbons (Fsp3) is 0.0909. The molecule has 0 aliphatic heterocycles. The summed E-state index contributed by atoms with van der Waals surface area (Å²) >= 11 is 1.39. The van der Waals surface area contributed by atoms with Gasteiger partial charge in [0.25, 0.3) is 5.69 Å². The van der Waals surface area contributed by atoms with E-state index in [1.807, 2.05) is 0 Å². The molecule has 17 heavy (non-hydrogen) atoms. The average Bonchev–Trinajstić information content (AvgIpc) is 2.81. The number of ketones is 1. The molecule has 1 aromatic carbocycles. The molecule has 6 heteroatoms. The molecule has 0 amide bonds. The molecule has 1 heterocycles. The van der Waals surface area contributed by atoms with Gasteiger partial charge in [0.2, 0.25) is 0 Å². The fourth-order valence-corrected chi connectivity index (χ4v) is 2.01. The highest BCUT2D eigenvalue weighted by atomic mass is 32.1. The Morgan fingerprint density at radius 3 is 2.82 bits per heavy atom. The van der Waals surface area contributed by atoms with Gasteiger partial charge in [-0.3, -0.25) is 14.9 Å². The first-order valence-electron chi connectivity index (χ1n) is 4.82. The van der Waals surface area contributed by atoms with E-state index in [2.05, 4.69) is 4.98 Å². The van der Waals surface area contributed by atoms with Crippen molar-refractivity contribution < 1.29 is 9.72 Å². The summed E-state index contributed by atoms with van der Waals surface area (Å²) in [5.74, 6) is -0.289. The van der Waals surface area contributed by atoms with Crippen molar-refractivity contribution in [1.29, 1.82) is 0 Å². The van der Waals surface area contributed by atoms with Crippen LogP contribution in [0.3, 0.4) is 0 Å². The fourth-order valence-electron chi connectivity index (χ4n) is 1.45. The minimum atomic E-state index is -0.547. The third kappa shape index (κ3) is 2.54. The van der Waals surface area contributed by atoms with Crippen LogP contribution in [-0.2, 0) is 6.42 Å². The van der Waals surface area contributed by atoms with Crippen molar-refractivity contribution in [3.63, 3.8) is 0 Å². The topological polar surface area (TPSA) is 73.1 Å². The number of carbonyl (C=O) groups excluding carboxylic acids is 1. The van der Waals surface area contributed by atoms with Crippen molar-refractivity contribution >= 4 is 22.8 Å². The highest BCUT2D eigenvalue weighted by Gasteiger charge is 2.19. The molecule has 1 aromatic heterocycles. The van der Waals surface area contributed by atoms with E-state index < -0.39 is 4.92 Å². The zero-order valence-corrected chi connectivity index (χ0v) is 9.52. The summed E-state index contributed by atoms with van der Waals surface area (Å²) in [6, 6.07) is 5.94. The van der Waals surface area contributed by atoms with Gasteiger partial charge in [-0.2, -0.15) is 0 Å². The molecule has 2 rings (SSSR count). The second kappa shape index (κ2) is 4.84. The van der Waals surface area contributed by atoms with Crippen LogP contribution >= 0.6 is 11.3 Å². The number of benzene rings is 1. The zero-order valence-electron chi connectivity index (χ0n) is 8.70. The lowest BCUT2D eigenvalue weighted by Gasteiger charge is -2.00. The molecule has 0 N–H and O–H groups in total. The molecular formula is C11H8N2O3S. The molecule has 0 aliphatic rings. The summed E-state index contributed by atoms with van der Waals surface area (Å²) in [5.41, 5.74) is 2.23. The number of rotatable bonds is 4. The first kappa shape index (κ1) is 11.4. The standard InChI is InChI=1S/C11H8N2O3S/c14-11(5-8-6-17-7-12-8)9-3-1-2-4-10(9)13(15)16/h1-4,6-7H,5H2. The Bertz CT molecular complexity index is 552. The van der Waals surface area contributed by atoms with Crippen LogP contribution in [0.4, 0.5) is 5.69 Å². The Balaban J connectivity index is 2.28. The first-order chi connectivity index (χ1) is 8.18. The molecule has 5 nitrogen and oxygen atoms in total. The predicted molar refractivity (Wildman–Crippen MR) is 63.2 cm³/mol. The second-order valence-corrected chi connectivity index (χ2v) is 4.07. The van der Waals surface area contributed by atoms with Gasteiger partial charge in [-0.25, -0.2) is 4.98 Å². The molecule has 0 saturated heterocycles. The Morgan fingerprint density at radius 2 is 2.18 bits per heavy atom. The Labute approximate surface area is 101 Å². The molecule has 2 aromatic rings. The summed E-state index contributed by atoms with van der Waals surface area (Å²) < 4.78 is 0. The quantitative estimate of drug-likeness (QED) is 0.473. The Morgan fingerprint density at radius 1 is 1.41 bits per heavy atom. The molecule has 0 spiro atoms. The molecule has 86 valence electrons. The van der Waals surface area contributed by atoms with Crippen LogP contribution < -0.4 is 0 Å².